The predicted molar refractivity (Wildman–Crippen MR) is 84.6 cm³/mol. The van der Waals surface area contributed by atoms with E-state index in [4.69, 9.17) is 9.47 Å². The first kappa shape index (κ1) is 16.5. The molecule has 1 aromatic carbocycles. The third-order valence-electron chi connectivity index (χ3n) is 4.79. The molecule has 0 aromatic heterocycles. The number of likely N-dealkylation sites (tertiary alicyclic amines) is 1. The van der Waals surface area contributed by atoms with Crippen molar-refractivity contribution in [2.45, 2.75) is 44.4 Å². The maximum absolute atomic E-state index is 12.1. The minimum Gasteiger partial charge on any atom is -0.467 e. The summed E-state index contributed by atoms with van der Waals surface area (Å²) in [6, 6.07) is 8.93. The van der Waals surface area contributed by atoms with Gasteiger partial charge in [0, 0.05) is 12.5 Å². The third-order valence-corrected chi connectivity index (χ3v) is 4.79. The van der Waals surface area contributed by atoms with Crippen molar-refractivity contribution in [3.63, 3.8) is 0 Å². The molecule has 2 aliphatic rings. The van der Waals surface area contributed by atoms with E-state index in [1.54, 1.807) is 4.90 Å². The highest BCUT2D eigenvalue weighted by Gasteiger charge is 2.47. The van der Waals surface area contributed by atoms with Crippen molar-refractivity contribution in [1.82, 2.24) is 4.90 Å². The van der Waals surface area contributed by atoms with Crippen molar-refractivity contribution in [2.24, 2.45) is 5.92 Å². The number of esters is 2. The first-order valence-electron chi connectivity index (χ1n) is 8.19. The lowest BCUT2D eigenvalue weighted by Crippen LogP contribution is -2.53. The normalized spacial score (nSPS) is 26.0. The molecule has 128 valence electrons. The first-order valence-corrected chi connectivity index (χ1v) is 8.19. The second-order valence-corrected chi connectivity index (χ2v) is 6.29. The van der Waals surface area contributed by atoms with Crippen molar-refractivity contribution in [2.75, 3.05) is 7.11 Å². The monoisotopic (exact) mass is 331 g/mol. The fourth-order valence-corrected chi connectivity index (χ4v) is 3.38. The molecule has 3 rings (SSSR count). The molecule has 1 unspecified atom stereocenters. The van der Waals surface area contributed by atoms with Crippen LogP contribution in [0.5, 0.6) is 0 Å². The summed E-state index contributed by atoms with van der Waals surface area (Å²) < 4.78 is 10.1. The van der Waals surface area contributed by atoms with Gasteiger partial charge >= 0.3 is 11.9 Å². The van der Waals surface area contributed by atoms with Crippen molar-refractivity contribution in [3.05, 3.63) is 35.9 Å². The summed E-state index contributed by atoms with van der Waals surface area (Å²) in [6.45, 7) is 0.258. The van der Waals surface area contributed by atoms with Gasteiger partial charge in [-0.05, 0) is 24.8 Å². The molecule has 24 heavy (non-hydrogen) atoms. The molecule has 2 fully saturated rings. The second-order valence-electron chi connectivity index (χ2n) is 6.29. The average molecular weight is 331 g/mol. The Kier molecular flexibility index (Phi) is 4.83. The smallest absolute Gasteiger partial charge is 0.328 e. The standard InChI is InChI=1S/C18H21NO5/c1-23-18(22)15-7-8-16(20)19(15)14-9-13(10-14)17(21)24-11-12-5-3-2-4-6-12/h2-6,13-15H,7-11H2,1H3. The van der Waals surface area contributed by atoms with Gasteiger partial charge in [-0.1, -0.05) is 30.3 Å². The zero-order valence-corrected chi connectivity index (χ0v) is 13.6. The van der Waals surface area contributed by atoms with Gasteiger partial charge in [-0.2, -0.15) is 0 Å². The van der Waals surface area contributed by atoms with E-state index < -0.39 is 6.04 Å². The van der Waals surface area contributed by atoms with Gasteiger partial charge in [0.1, 0.15) is 12.6 Å². The number of hydrogen-bond acceptors (Lipinski definition) is 5. The quantitative estimate of drug-likeness (QED) is 0.768. The van der Waals surface area contributed by atoms with Crippen LogP contribution in [-0.4, -0.2) is 41.9 Å². The number of rotatable bonds is 5. The number of benzene rings is 1. The Morgan fingerprint density at radius 3 is 2.54 bits per heavy atom. The van der Waals surface area contributed by atoms with E-state index in [0.717, 1.165) is 5.56 Å². The fourth-order valence-electron chi connectivity index (χ4n) is 3.38. The number of carbonyl (C=O) groups is 3. The summed E-state index contributed by atoms with van der Waals surface area (Å²) in [5.41, 5.74) is 0.946. The molecule has 1 aliphatic carbocycles. The zero-order valence-electron chi connectivity index (χ0n) is 13.6. The van der Waals surface area contributed by atoms with Gasteiger partial charge in [-0.15, -0.1) is 0 Å². The van der Waals surface area contributed by atoms with Crippen LogP contribution in [0.25, 0.3) is 0 Å². The van der Waals surface area contributed by atoms with E-state index in [2.05, 4.69) is 0 Å². The summed E-state index contributed by atoms with van der Waals surface area (Å²) in [4.78, 5) is 37.5. The maximum Gasteiger partial charge on any atom is 0.328 e. The highest BCUT2D eigenvalue weighted by Crippen LogP contribution is 2.37. The molecule has 1 saturated heterocycles. The van der Waals surface area contributed by atoms with Crippen molar-refractivity contribution in [1.29, 1.82) is 0 Å². The van der Waals surface area contributed by atoms with Gasteiger partial charge in [0.15, 0.2) is 0 Å². The van der Waals surface area contributed by atoms with Gasteiger partial charge in [0.05, 0.1) is 13.0 Å². The van der Waals surface area contributed by atoms with Crippen LogP contribution in [0.1, 0.15) is 31.2 Å². The molecular formula is C18H21NO5. The zero-order chi connectivity index (χ0) is 17.1. The largest absolute Gasteiger partial charge is 0.467 e. The molecule has 1 saturated carbocycles. The number of methoxy groups -OCH3 is 1. The van der Waals surface area contributed by atoms with Crippen LogP contribution < -0.4 is 0 Å². The maximum atomic E-state index is 12.1. The van der Waals surface area contributed by atoms with Crippen molar-refractivity contribution < 1.29 is 23.9 Å². The van der Waals surface area contributed by atoms with E-state index in [1.807, 2.05) is 30.3 Å². The molecule has 0 N–H and O–H groups in total. The number of amides is 1. The Bertz CT molecular complexity index is 624. The Hall–Kier alpha value is -2.37. The van der Waals surface area contributed by atoms with Crippen LogP contribution in [0, 0.1) is 5.92 Å². The molecule has 1 aromatic rings. The summed E-state index contributed by atoms with van der Waals surface area (Å²) >= 11 is 0. The number of hydrogen-bond donors (Lipinski definition) is 0. The molecule has 6 nitrogen and oxygen atoms in total. The lowest BCUT2D eigenvalue weighted by Gasteiger charge is -2.41. The SMILES string of the molecule is COC(=O)C1CCC(=O)N1C1CC(C(=O)OCc2ccccc2)C1. The topological polar surface area (TPSA) is 72.9 Å². The van der Waals surface area contributed by atoms with Crippen LogP contribution in [0.15, 0.2) is 30.3 Å². The molecule has 1 amide bonds. The van der Waals surface area contributed by atoms with Crippen LogP contribution in [0.2, 0.25) is 0 Å². The molecule has 0 spiro atoms. The predicted octanol–water partition coefficient (Wildman–Crippen LogP) is 1.67. The van der Waals surface area contributed by atoms with Gasteiger partial charge < -0.3 is 14.4 Å². The highest BCUT2D eigenvalue weighted by atomic mass is 16.5. The first-order chi connectivity index (χ1) is 11.6. The minimum absolute atomic E-state index is 0.0356. The highest BCUT2D eigenvalue weighted by molar-refractivity contribution is 5.88. The van der Waals surface area contributed by atoms with E-state index in [-0.39, 0.29) is 36.4 Å². The van der Waals surface area contributed by atoms with Gasteiger partial charge in [0.2, 0.25) is 5.91 Å². The van der Waals surface area contributed by atoms with Gasteiger partial charge in [-0.3, -0.25) is 9.59 Å². The number of carbonyl (C=O) groups excluding carboxylic acids is 3. The Morgan fingerprint density at radius 2 is 1.88 bits per heavy atom. The van der Waals surface area contributed by atoms with Crippen LogP contribution in [0.4, 0.5) is 0 Å². The Labute approximate surface area is 140 Å². The molecule has 0 radical (unpaired) electrons. The molecular weight excluding hydrogens is 310 g/mol. The van der Waals surface area contributed by atoms with E-state index in [9.17, 15) is 14.4 Å². The van der Waals surface area contributed by atoms with Crippen molar-refractivity contribution in [3.8, 4) is 0 Å². The lowest BCUT2D eigenvalue weighted by molar-refractivity contribution is -0.160. The minimum atomic E-state index is -0.506. The fraction of sp³-hybridized carbons (Fsp3) is 0.500. The average Bonchev–Trinajstić information content (AvgIpc) is 2.93. The van der Waals surface area contributed by atoms with E-state index in [1.165, 1.54) is 7.11 Å². The molecule has 1 aliphatic heterocycles. The summed E-state index contributed by atoms with van der Waals surface area (Å²) in [5.74, 6) is -0.857. The van der Waals surface area contributed by atoms with Gasteiger partial charge in [-0.25, -0.2) is 4.79 Å². The van der Waals surface area contributed by atoms with Crippen LogP contribution in [0.3, 0.4) is 0 Å². The van der Waals surface area contributed by atoms with Crippen LogP contribution in [-0.2, 0) is 30.5 Å². The lowest BCUT2D eigenvalue weighted by atomic mass is 9.79. The third kappa shape index (κ3) is 3.27. The summed E-state index contributed by atoms with van der Waals surface area (Å²) in [5, 5.41) is 0. The van der Waals surface area contributed by atoms with E-state index in [0.29, 0.717) is 25.7 Å². The van der Waals surface area contributed by atoms with E-state index >= 15 is 0 Å². The van der Waals surface area contributed by atoms with Crippen LogP contribution >= 0.6 is 0 Å². The van der Waals surface area contributed by atoms with Crippen molar-refractivity contribution >= 4 is 17.8 Å². The summed E-state index contributed by atoms with van der Waals surface area (Å²) in [6.07, 6.45) is 1.95. The Balaban J connectivity index is 1.50. The molecule has 0 bridgehead atoms. The number of ether oxygens (including phenoxy) is 2. The molecule has 6 heteroatoms. The second kappa shape index (κ2) is 7.03. The molecule has 1 atom stereocenters. The Morgan fingerprint density at radius 1 is 1.17 bits per heavy atom. The number of nitrogens with zero attached hydrogens (tertiary/aromatic N) is 1. The summed E-state index contributed by atoms with van der Waals surface area (Å²) in [7, 11) is 1.33. The van der Waals surface area contributed by atoms with Gasteiger partial charge in [0.25, 0.3) is 0 Å². The molecule has 1 heterocycles.